The van der Waals surface area contributed by atoms with Crippen LogP contribution < -0.4 is 4.90 Å². The third-order valence-electron chi connectivity index (χ3n) is 4.51. The molecule has 1 atom stereocenters. The molecule has 1 spiro atoms. The fraction of sp³-hybridized carbons (Fsp3) is 0.533. The molecule has 102 valence electrons. The van der Waals surface area contributed by atoms with E-state index in [4.69, 9.17) is 11.6 Å². The van der Waals surface area contributed by atoms with E-state index >= 15 is 0 Å². The number of rotatable bonds is 1. The average molecular weight is 279 g/mol. The average Bonchev–Trinajstić information content (AvgIpc) is 2.99. The Morgan fingerprint density at radius 3 is 2.47 bits per heavy atom. The molecule has 3 rings (SSSR count). The van der Waals surface area contributed by atoms with Gasteiger partial charge in [-0.05, 0) is 37.1 Å². The van der Waals surface area contributed by atoms with Gasteiger partial charge in [-0.25, -0.2) is 0 Å². The zero-order valence-electron chi connectivity index (χ0n) is 11.2. The van der Waals surface area contributed by atoms with Crippen LogP contribution in [0.2, 0.25) is 5.02 Å². The van der Waals surface area contributed by atoms with Gasteiger partial charge in [0, 0.05) is 49.2 Å². The molecule has 2 saturated heterocycles. The second-order valence-corrected chi connectivity index (χ2v) is 6.27. The van der Waals surface area contributed by atoms with Crippen molar-refractivity contribution < 1.29 is 4.79 Å². The second kappa shape index (κ2) is 4.71. The van der Waals surface area contributed by atoms with Gasteiger partial charge >= 0.3 is 0 Å². The van der Waals surface area contributed by atoms with E-state index in [0.717, 1.165) is 37.6 Å². The van der Waals surface area contributed by atoms with Crippen molar-refractivity contribution in [2.24, 2.45) is 5.41 Å². The topological polar surface area (TPSA) is 23.6 Å². The van der Waals surface area contributed by atoms with Gasteiger partial charge in [-0.3, -0.25) is 4.79 Å². The number of hydrogen-bond acceptors (Lipinski definition) is 2. The summed E-state index contributed by atoms with van der Waals surface area (Å²) in [4.78, 5) is 15.9. The van der Waals surface area contributed by atoms with E-state index in [0.29, 0.717) is 5.41 Å². The molecule has 2 aliphatic rings. The van der Waals surface area contributed by atoms with Gasteiger partial charge in [-0.2, -0.15) is 0 Å². The number of carbonyl (C=O) groups is 1. The fourth-order valence-electron chi connectivity index (χ4n) is 3.34. The summed E-state index contributed by atoms with van der Waals surface area (Å²) in [5.74, 6) is 0.210. The van der Waals surface area contributed by atoms with Crippen LogP contribution in [0.1, 0.15) is 19.8 Å². The first kappa shape index (κ1) is 12.8. The first-order chi connectivity index (χ1) is 9.08. The Morgan fingerprint density at radius 1 is 1.16 bits per heavy atom. The number of nitrogens with zero attached hydrogens (tertiary/aromatic N) is 2. The molecule has 0 aliphatic carbocycles. The van der Waals surface area contributed by atoms with E-state index in [-0.39, 0.29) is 5.91 Å². The van der Waals surface area contributed by atoms with Gasteiger partial charge in [0.05, 0.1) is 0 Å². The number of anilines is 1. The van der Waals surface area contributed by atoms with Gasteiger partial charge < -0.3 is 9.80 Å². The van der Waals surface area contributed by atoms with Crippen molar-refractivity contribution in [2.45, 2.75) is 19.8 Å². The molecule has 0 bridgehead atoms. The van der Waals surface area contributed by atoms with Gasteiger partial charge in [0.25, 0.3) is 0 Å². The Balaban J connectivity index is 1.70. The van der Waals surface area contributed by atoms with Gasteiger partial charge in [-0.1, -0.05) is 11.6 Å². The lowest BCUT2D eigenvalue weighted by Gasteiger charge is -2.25. The highest BCUT2D eigenvalue weighted by Gasteiger charge is 2.44. The number of carbonyl (C=O) groups excluding carboxylic acids is 1. The van der Waals surface area contributed by atoms with Crippen molar-refractivity contribution in [1.29, 1.82) is 0 Å². The quantitative estimate of drug-likeness (QED) is 0.789. The van der Waals surface area contributed by atoms with Gasteiger partial charge in [-0.15, -0.1) is 0 Å². The molecule has 1 aromatic carbocycles. The summed E-state index contributed by atoms with van der Waals surface area (Å²) < 4.78 is 0. The van der Waals surface area contributed by atoms with Gasteiger partial charge in [0.15, 0.2) is 0 Å². The molecule has 0 radical (unpaired) electrons. The lowest BCUT2D eigenvalue weighted by molar-refractivity contribution is -0.128. The molecule has 2 heterocycles. The molecule has 2 aliphatic heterocycles. The molecule has 0 saturated carbocycles. The summed E-state index contributed by atoms with van der Waals surface area (Å²) >= 11 is 5.93. The molecule has 4 heteroatoms. The van der Waals surface area contributed by atoms with Crippen molar-refractivity contribution >= 4 is 23.2 Å². The standard InChI is InChI=1S/C15H19ClN2O/c1-12(19)17-8-6-15(10-17)7-9-18(11-15)14-4-2-13(16)3-5-14/h2-5H,6-11H2,1H3. The van der Waals surface area contributed by atoms with Gasteiger partial charge in [0.2, 0.25) is 5.91 Å². The molecule has 3 nitrogen and oxygen atoms in total. The predicted molar refractivity (Wildman–Crippen MR) is 77.6 cm³/mol. The fourth-order valence-corrected chi connectivity index (χ4v) is 3.47. The minimum Gasteiger partial charge on any atom is -0.371 e. The molecule has 0 aromatic heterocycles. The summed E-state index contributed by atoms with van der Waals surface area (Å²) in [6.07, 6.45) is 2.32. The van der Waals surface area contributed by atoms with Crippen molar-refractivity contribution in [3.63, 3.8) is 0 Å². The van der Waals surface area contributed by atoms with Crippen LogP contribution in [0.5, 0.6) is 0 Å². The Labute approximate surface area is 119 Å². The van der Waals surface area contributed by atoms with Crippen LogP contribution in [-0.4, -0.2) is 37.0 Å². The van der Waals surface area contributed by atoms with Gasteiger partial charge in [0.1, 0.15) is 0 Å². The summed E-state index contributed by atoms with van der Waals surface area (Å²) in [5, 5.41) is 0.779. The van der Waals surface area contributed by atoms with Crippen LogP contribution in [0.4, 0.5) is 5.69 Å². The maximum absolute atomic E-state index is 11.5. The normalized spacial score (nSPS) is 26.4. The van der Waals surface area contributed by atoms with Crippen LogP contribution in [0.3, 0.4) is 0 Å². The Bertz CT molecular complexity index is 487. The van der Waals surface area contributed by atoms with Crippen molar-refractivity contribution in [3.05, 3.63) is 29.3 Å². The predicted octanol–water partition coefficient (Wildman–Crippen LogP) is 2.79. The number of amides is 1. The van der Waals surface area contributed by atoms with E-state index in [9.17, 15) is 4.79 Å². The summed E-state index contributed by atoms with van der Waals surface area (Å²) in [5.41, 5.74) is 1.55. The SMILES string of the molecule is CC(=O)N1CCC2(CCN(c3ccc(Cl)cc3)C2)C1. The Hall–Kier alpha value is -1.22. The lowest BCUT2D eigenvalue weighted by atomic mass is 9.86. The van der Waals surface area contributed by atoms with E-state index in [1.807, 2.05) is 17.0 Å². The highest BCUT2D eigenvalue weighted by molar-refractivity contribution is 6.30. The first-order valence-electron chi connectivity index (χ1n) is 6.84. The van der Waals surface area contributed by atoms with E-state index in [1.54, 1.807) is 6.92 Å². The smallest absolute Gasteiger partial charge is 0.219 e. The molecule has 1 aromatic rings. The molecule has 2 fully saturated rings. The molecule has 19 heavy (non-hydrogen) atoms. The monoisotopic (exact) mass is 278 g/mol. The van der Waals surface area contributed by atoms with Crippen molar-refractivity contribution in [3.8, 4) is 0 Å². The van der Waals surface area contributed by atoms with E-state index in [2.05, 4.69) is 17.0 Å². The number of hydrogen-bond donors (Lipinski definition) is 0. The number of benzene rings is 1. The van der Waals surface area contributed by atoms with Crippen molar-refractivity contribution in [1.82, 2.24) is 4.90 Å². The number of likely N-dealkylation sites (tertiary alicyclic amines) is 1. The third-order valence-corrected chi connectivity index (χ3v) is 4.77. The maximum atomic E-state index is 11.5. The molecular formula is C15H19ClN2O. The number of halogens is 1. The molecule has 1 unspecified atom stereocenters. The molecular weight excluding hydrogens is 260 g/mol. The van der Waals surface area contributed by atoms with Crippen LogP contribution >= 0.6 is 11.6 Å². The zero-order chi connectivity index (χ0) is 13.5. The lowest BCUT2D eigenvalue weighted by Crippen LogP contribution is -2.32. The van der Waals surface area contributed by atoms with Crippen molar-refractivity contribution in [2.75, 3.05) is 31.1 Å². The molecule has 0 N–H and O–H groups in total. The third kappa shape index (κ3) is 2.44. The maximum Gasteiger partial charge on any atom is 0.219 e. The van der Waals surface area contributed by atoms with Crippen LogP contribution in [-0.2, 0) is 4.79 Å². The highest BCUT2D eigenvalue weighted by atomic mass is 35.5. The highest BCUT2D eigenvalue weighted by Crippen LogP contribution is 2.41. The van der Waals surface area contributed by atoms with Crippen LogP contribution in [0, 0.1) is 5.41 Å². The van der Waals surface area contributed by atoms with Crippen LogP contribution in [0.25, 0.3) is 0 Å². The first-order valence-corrected chi connectivity index (χ1v) is 7.22. The second-order valence-electron chi connectivity index (χ2n) is 5.84. The summed E-state index contributed by atoms with van der Waals surface area (Å²) in [6.45, 7) is 5.65. The molecule has 1 amide bonds. The van der Waals surface area contributed by atoms with E-state index in [1.165, 1.54) is 12.1 Å². The summed E-state index contributed by atoms with van der Waals surface area (Å²) in [6, 6.07) is 8.05. The minimum atomic E-state index is 0.210. The minimum absolute atomic E-state index is 0.210. The zero-order valence-corrected chi connectivity index (χ0v) is 12.0. The van der Waals surface area contributed by atoms with Crippen LogP contribution in [0.15, 0.2) is 24.3 Å². The van der Waals surface area contributed by atoms with E-state index < -0.39 is 0 Å². The Kier molecular flexibility index (Phi) is 3.17. The Morgan fingerprint density at radius 2 is 1.84 bits per heavy atom. The summed E-state index contributed by atoms with van der Waals surface area (Å²) in [7, 11) is 0. The largest absolute Gasteiger partial charge is 0.371 e.